The second-order valence-electron chi connectivity index (χ2n) is 12.1. The van der Waals surface area contributed by atoms with Gasteiger partial charge in [0.15, 0.2) is 0 Å². The lowest BCUT2D eigenvalue weighted by Crippen LogP contribution is -2.42. The zero-order chi connectivity index (χ0) is 29.5. The molecule has 1 aromatic rings. The molecule has 9 nitrogen and oxygen atoms in total. The van der Waals surface area contributed by atoms with E-state index >= 15 is 0 Å². The molecule has 0 unspecified atom stereocenters. The van der Waals surface area contributed by atoms with Crippen molar-refractivity contribution in [2.45, 2.75) is 115 Å². The predicted octanol–water partition coefficient (Wildman–Crippen LogP) is 5.25. The van der Waals surface area contributed by atoms with E-state index in [0.29, 0.717) is 6.42 Å². The molecule has 2 amide bonds. The topological polar surface area (TPSA) is 104 Å². The van der Waals surface area contributed by atoms with Gasteiger partial charge in [-0.15, -0.1) is 0 Å². The molecule has 0 aromatic heterocycles. The van der Waals surface area contributed by atoms with Crippen LogP contribution in [0.25, 0.3) is 0 Å². The Labute approximate surface area is 244 Å². The van der Waals surface area contributed by atoms with Gasteiger partial charge in [-0.3, -0.25) is 4.79 Å². The number of hydrogen-bond acceptors (Lipinski definition) is 8. The highest BCUT2D eigenvalue weighted by Gasteiger charge is 2.46. The molecule has 41 heavy (non-hydrogen) atoms. The lowest BCUT2D eigenvalue weighted by molar-refractivity contribution is -0.139. The molecule has 10 atom stereocenters. The molecule has 0 aliphatic carbocycles. The number of amides is 2. The van der Waals surface area contributed by atoms with Crippen LogP contribution in [0.4, 0.5) is 4.79 Å². The largest absolute Gasteiger partial charge is 0.446 e. The Hall–Kier alpha value is -2.04. The van der Waals surface area contributed by atoms with Crippen LogP contribution in [0.5, 0.6) is 0 Å². The van der Waals surface area contributed by atoms with Gasteiger partial charge in [0.25, 0.3) is 0 Å². The van der Waals surface area contributed by atoms with E-state index in [4.69, 9.17) is 23.7 Å². The van der Waals surface area contributed by atoms with Crippen molar-refractivity contribution < 1.29 is 38.4 Å². The minimum atomic E-state index is -0.607. The number of carbonyl (C=O) groups excluding carboxylic acids is 2. The number of hydrogen-bond donors (Lipinski definition) is 1. The first kappa shape index (κ1) is 31.9. The van der Waals surface area contributed by atoms with E-state index in [2.05, 4.69) is 13.8 Å². The summed E-state index contributed by atoms with van der Waals surface area (Å²) in [4.78, 5) is 27.3. The van der Waals surface area contributed by atoms with Crippen LogP contribution in [0, 0.1) is 17.8 Å². The van der Waals surface area contributed by atoms with Crippen LogP contribution in [0.2, 0.25) is 0 Å². The molecule has 3 aliphatic heterocycles. The van der Waals surface area contributed by atoms with Crippen LogP contribution >= 0.6 is 0 Å². The maximum absolute atomic E-state index is 13.5. The van der Waals surface area contributed by atoms with E-state index in [1.807, 2.05) is 44.2 Å². The first-order valence-electron chi connectivity index (χ1n) is 15.4. The van der Waals surface area contributed by atoms with Gasteiger partial charge in [0, 0.05) is 18.9 Å². The number of nitrogens with zero attached hydrogens (tertiary/aromatic N) is 1. The molecule has 0 spiro atoms. The summed E-state index contributed by atoms with van der Waals surface area (Å²) in [6.07, 6.45) is 4.68. The quantitative estimate of drug-likeness (QED) is 0.300. The minimum absolute atomic E-state index is 0.0176. The molecule has 0 saturated carbocycles. The first-order chi connectivity index (χ1) is 19.7. The molecule has 9 heteroatoms. The van der Waals surface area contributed by atoms with Gasteiger partial charge < -0.3 is 28.8 Å². The summed E-state index contributed by atoms with van der Waals surface area (Å²) in [5.41, 5.74) is 0.870. The summed E-state index contributed by atoms with van der Waals surface area (Å²) < 4.78 is 29.0. The molecular weight excluding hydrogens is 526 g/mol. The van der Waals surface area contributed by atoms with Crippen molar-refractivity contribution in [3.05, 3.63) is 35.9 Å². The standard InChI is InChI=1S/C32H49NO8/c1-6-10-24(39-19-37-5)17-25-13-14-27(40-25)20(2)30(34)21(3)28-15-16-29(41-28)22(4)31(35)33-26(18-38-32(33)36)23-11-8-7-9-12-23/h7-9,11-12,20-22,24-30,34H,6,10,13-19H2,1-5H3/t20-,21-,22-,24+,25+,26+,27-,28+,29-,30+/m1/s1. The van der Waals surface area contributed by atoms with Crippen LogP contribution in [0.1, 0.15) is 84.2 Å². The number of imide groups is 1. The fourth-order valence-electron chi connectivity index (χ4n) is 6.67. The van der Waals surface area contributed by atoms with Crippen molar-refractivity contribution in [3.63, 3.8) is 0 Å². The number of ether oxygens (including phenoxy) is 5. The molecule has 0 bridgehead atoms. The van der Waals surface area contributed by atoms with E-state index in [1.54, 1.807) is 7.11 Å². The first-order valence-corrected chi connectivity index (χ1v) is 15.4. The number of cyclic esters (lactones) is 1. The summed E-state index contributed by atoms with van der Waals surface area (Å²) >= 11 is 0. The lowest BCUT2D eigenvalue weighted by Gasteiger charge is -2.33. The van der Waals surface area contributed by atoms with E-state index in [-0.39, 0.29) is 61.7 Å². The number of aliphatic hydroxyl groups excluding tert-OH is 1. The third kappa shape index (κ3) is 7.68. The second kappa shape index (κ2) is 14.9. The van der Waals surface area contributed by atoms with Crippen molar-refractivity contribution in [1.29, 1.82) is 0 Å². The molecule has 3 saturated heterocycles. The second-order valence-corrected chi connectivity index (χ2v) is 12.1. The van der Waals surface area contributed by atoms with Gasteiger partial charge in [-0.25, -0.2) is 9.69 Å². The molecule has 1 aromatic carbocycles. The average Bonchev–Trinajstić information content (AvgIpc) is 3.75. The Balaban J connectivity index is 1.29. The maximum Gasteiger partial charge on any atom is 0.417 e. The minimum Gasteiger partial charge on any atom is -0.446 e. The van der Waals surface area contributed by atoms with Crippen LogP contribution in [-0.2, 0) is 28.5 Å². The molecule has 0 radical (unpaired) electrons. The van der Waals surface area contributed by atoms with Crippen molar-refractivity contribution >= 4 is 12.0 Å². The number of aliphatic hydroxyl groups is 1. The van der Waals surface area contributed by atoms with E-state index in [0.717, 1.165) is 44.1 Å². The van der Waals surface area contributed by atoms with Crippen molar-refractivity contribution in [3.8, 4) is 0 Å². The fraction of sp³-hybridized carbons (Fsp3) is 0.750. The van der Waals surface area contributed by atoms with Gasteiger partial charge in [0.05, 0.1) is 42.5 Å². The Bertz CT molecular complexity index is 976. The van der Waals surface area contributed by atoms with Gasteiger partial charge in [0.2, 0.25) is 5.91 Å². The summed E-state index contributed by atoms with van der Waals surface area (Å²) in [6, 6.07) is 9.05. The van der Waals surface area contributed by atoms with Gasteiger partial charge in [-0.1, -0.05) is 64.4 Å². The molecule has 1 N–H and O–H groups in total. The Morgan fingerprint density at radius 3 is 2.37 bits per heavy atom. The normalized spacial score (nSPS) is 30.1. The highest BCUT2D eigenvalue weighted by Crippen LogP contribution is 2.38. The van der Waals surface area contributed by atoms with Gasteiger partial charge in [-0.2, -0.15) is 0 Å². The number of carbonyl (C=O) groups is 2. The summed E-state index contributed by atoms with van der Waals surface area (Å²) in [7, 11) is 1.63. The smallest absolute Gasteiger partial charge is 0.417 e. The highest BCUT2D eigenvalue weighted by molar-refractivity contribution is 5.95. The van der Waals surface area contributed by atoms with E-state index in [1.165, 1.54) is 4.90 Å². The molecule has 4 rings (SSSR count). The van der Waals surface area contributed by atoms with E-state index < -0.39 is 24.2 Å². The SMILES string of the molecule is CCC[C@@H](C[C@@H]1CC[C@H]([C@@H](C)[C@H](O)[C@H](C)[C@@H]2CC[C@H]([C@@H](C)C(=O)N3C(=O)OC[C@H]3c3ccccc3)O2)O1)OCOC. The van der Waals surface area contributed by atoms with Crippen molar-refractivity contribution in [2.24, 2.45) is 17.8 Å². The van der Waals surface area contributed by atoms with Crippen LogP contribution in [-0.4, -0.2) is 79.1 Å². The summed E-state index contributed by atoms with van der Waals surface area (Å²) in [6.45, 7) is 8.49. The maximum atomic E-state index is 13.5. The van der Waals surface area contributed by atoms with Crippen molar-refractivity contribution in [1.82, 2.24) is 4.90 Å². The zero-order valence-corrected chi connectivity index (χ0v) is 25.3. The fourth-order valence-corrected chi connectivity index (χ4v) is 6.67. The number of methoxy groups -OCH3 is 1. The molecular formula is C32H49NO8. The number of rotatable bonds is 14. The third-order valence-corrected chi connectivity index (χ3v) is 9.28. The monoisotopic (exact) mass is 575 g/mol. The predicted molar refractivity (Wildman–Crippen MR) is 153 cm³/mol. The van der Waals surface area contributed by atoms with Crippen LogP contribution in [0.3, 0.4) is 0 Å². The highest BCUT2D eigenvalue weighted by atomic mass is 16.7. The zero-order valence-electron chi connectivity index (χ0n) is 25.3. The molecule has 3 fully saturated rings. The number of benzene rings is 1. The lowest BCUT2D eigenvalue weighted by atomic mass is 9.84. The van der Waals surface area contributed by atoms with Gasteiger partial charge >= 0.3 is 6.09 Å². The Kier molecular flexibility index (Phi) is 11.6. The van der Waals surface area contributed by atoms with Crippen LogP contribution < -0.4 is 0 Å². The van der Waals surface area contributed by atoms with Crippen LogP contribution in [0.15, 0.2) is 30.3 Å². The molecule has 3 aliphatic rings. The van der Waals surface area contributed by atoms with E-state index in [9.17, 15) is 14.7 Å². The van der Waals surface area contributed by atoms with Crippen molar-refractivity contribution in [2.75, 3.05) is 20.5 Å². The summed E-state index contributed by atoms with van der Waals surface area (Å²) in [5.74, 6) is -0.956. The Morgan fingerprint density at radius 2 is 1.68 bits per heavy atom. The summed E-state index contributed by atoms with van der Waals surface area (Å²) in [5, 5.41) is 11.3. The third-order valence-electron chi connectivity index (χ3n) is 9.28. The van der Waals surface area contributed by atoms with Gasteiger partial charge in [-0.05, 0) is 44.1 Å². The van der Waals surface area contributed by atoms with Gasteiger partial charge in [0.1, 0.15) is 19.4 Å². The Morgan fingerprint density at radius 1 is 1.02 bits per heavy atom. The molecule has 3 heterocycles. The average molecular weight is 576 g/mol. The molecule has 230 valence electrons.